The smallest absolute Gasteiger partial charge is 0.417 e. The fourth-order valence-electron chi connectivity index (χ4n) is 4.81. The van der Waals surface area contributed by atoms with Crippen molar-refractivity contribution in [3.8, 4) is 29.0 Å². The van der Waals surface area contributed by atoms with Gasteiger partial charge in [-0.05, 0) is 66.7 Å². The Kier molecular flexibility index (Phi) is 17.4. The molecule has 0 radical (unpaired) electrons. The molecule has 0 saturated heterocycles. The average Bonchev–Trinajstić information content (AvgIpc) is 3.20. The van der Waals surface area contributed by atoms with Crippen LogP contribution in [0, 0.1) is 11.6 Å². The number of hydrogen-bond acceptors (Lipinski definition) is 11. The number of aliphatic hydroxyl groups is 1. The number of halogens is 13. The number of aliphatic hydroxyl groups excluding tert-OH is 1. The van der Waals surface area contributed by atoms with Crippen molar-refractivity contribution in [2.75, 3.05) is 17.6 Å². The summed E-state index contributed by atoms with van der Waals surface area (Å²) in [5, 5.41) is 8.46. The second-order valence-corrected chi connectivity index (χ2v) is 18.2. The maximum atomic E-state index is 14.2. The van der Waals surface area contributed by atoms with Gasteiger partial charge in [-0.25, -0.2) is 35.6 Å². The predicted octanol–water partition coefficient (Wildman–Crippen LogP) is 12.2. The van der Waals surface area contributed by atoms with Gasteiger partial charge in [0.1, 0.15) is 5.69 Å². The van der Waals surface area contributed by atoms with Crippen LogP contribution in [-0.4, -0.2) is 39.0 Å². The number of methoxy groups -OCH3 is 1. The third kappa shape index (κ3) is 14.2. The normalized spacial score (nSPS) is 11.7. The van der Waals surface area contributed by atoms with Crippen LogP contribution in [-0.2, 0) is 38.0 Å². The lowest BCUT2D eigenvalue weighted by Gasteiger charge is -2.16. The van der Waals surface area contributed by atoms with E-state index in [1.807, 2.05) is 4.72 Å². The molecule has 2 aromatic heterocycles. The van der Waals surface area contributed by atoms with E-state index in [0.29, 0.717) is 17.2 Å². The minimum Gasteiger partial charge on any atom is -0.493 e. The number of hydrogen-bond donors (Lipinski definition) is 3. The van der Waals surface area contributed by atoms with Gasteiger partial charge < -0.3 is 25.1 Å². The van der Waals surface area contributed by atoms with Crippen molar-refractivity contribution in [2.24, 2.45) is 0 Å². The molecule has 2 heterocycles. The maximum absolute atomic E-state index is 14.2. The molecule has 0 unspecified atom stereocenters. The number of para-hydroxylation sites is 2. The summed E-state index contributed by atoms with van der Waals surface area (Å²) < 4.78 is 169. The van der Waals surface area contributed by atoms with Crippen LogP contribution in [0.15, 0.2) is 107 Å². The molecule has 4 N–H and O–H groups in total. The van der Waals surface area contributed by atoms with Crippen molar-refractivity contribution in [3.63, 3.8) is 0 Å². The Morgan fingerprint density at radius 1 is 0.692 bits per heavy atom. The standard InChI is InChI=1S/C19H12Cl2F4N2O4S.C12H10ClFN2O2.C7H3Cl2F3O2S/c20-11-6-16(18(26-8-11)31-17-10(9-28)2-1-3-15(17)22)27-32(29,30)12-4-5-14(21)13(7-12)19(23,24)25;1-17-10-4-2-3-8(14)11(10)18-12-9(15)5-7(13)6-16-12;8-6-2-1-4(15(9,13)14)3-5(6)7(10,11)12/h1-8,27-28H,9H2;2-6H,15H2,1H3;1-3H. The van der Waals surface area contributed by atoms with Crippen molar-refractivity contribution in [1.82, 2.24) is 9.97 Å². The molecular weight excluding hydrogens is 1030 g/mol. The number of nitrogens with two attached hydrogens (primary N) is 1. The summed E-state index contributed by atoms with van der Waals surface area (Å²) in [4.78, 5) is 6.31. The Morgan fingerprint density at radius 2 is 1.18 bits per heavy atom. The number of alkyl halides is 6. The van der Waals surface area contributed by atoms with Gasteiger partial charge in [-0.2, -0.15) is 26.3 Å². The fourth-order valence-corrected chi connectivity index (χ4v) is 7.43. The quantitative estimate of drug-likeness (QED) is 0.0878. The van der Waals surface area contributed by atoms with Gasteiger partial charge >= 0.3 is 12.4 Å². The summed E-state index contributed by atoms with van der Waals surface area (Å²) in [6.45, 7) is -0.591. The van der Waals surface area contributed by atoms with E-state index >= 15 is 0 Å². The molecule has 65 heavy (non-hydrogen) atoms. The number of nitrogens with one attached hydrogen (secondary N) is 1. The van der Waals surface area contributed by atoms with Gasteiger partial charge in [0.05, 0.1) is 60.4 Å². The van der Waals surface area contributed by atoms with E-state index in [0.717, 1.165) is 42.6 Å². The molecule has 0 fully saturated rings. The number of benzene rings is 4. The molecule has 0 atom stereocenters. The minimum absolute atomic E-state index is 0.0435. The van der Waals surface area contributed by atoms with Crippen LogP contribution in [0.25, 0.3) is 0 Å². The Labute approximate surface area is 387 Å². The zero-order valence-corrected chi connectivity index (χ0v) is 37.4. The first-order valence-corrected chi connectivity index (χ1v) is 22.3. The highest BCUT2D eigenvalue weighted by atomic mass is 35.7. The van der Waals surface area contributed by atoms with Gasteiger partial charge in [0.15, 0.2) is 23.1 Å². The highest BCUT2D eigenvalue weighted by molar-refractivity contribution is 8.13. The summed E-state index contributed by atoms with van der Waals surface area (Å²) in [7, 11) is -2.48. The highest BCUT2D eigenvalue weighted by Crippen LogP contribution is 2.40. The summed E-state index contributed by atoms with van der Waals surface area (Å²) >= 11 is 22.4. The number of aromatic nitrogens is 2. The van der Waals surface area contributed by atoms with Crippen molar-refractivity contribution in [1.29, 1.82) is 0 Å². The lowest BCUT2D eigenvalue weighted by molar-refractivity contribution is -0.138. The number of sulfonamides is 1. The van der Waals surface area contributed by atoms with Gasteiger partial charge in [0.25, 0.3) is 19.1 Å². The van der Waals surface area contributed by atoms with Crippen LogP contribution < -0.4 is 24.7 Å². The number of nitrogen functional groups attached to an aromatic ring is 1. The van der Waals surface area contributed by atoms with E-state index in [-0.39, 0.29) is 39.3 Å². The molecule has 6 aromatic rings. The van der Waals surface area contributed by atoms with Gasteiger partial charge in [0.2, 0.25) is 17.5 Å². The van der Waals surface area contributed by atoms with Crippen molar-refractivity contribution in [2.45, 2.75) is 28.8 Å². The summed E-state index contributed by atoms with van der Waals surface area (Å²) in [5.74, 6) is -2.05. The first-order valence-electron chi connectivity index (χ1n) is 17.0. The summed E-state index contributed by atoms with van der Waals surface area (Å²) in [5.41, 5.74) is 2.98. The van der Waals surface area contributed by atoms with Crippen LogP contribution in [0.4, 0.5) is 46.5 Å². The SMILES string of the molecule is COc1cccc(F)c1Oc1ncc(Cl)cc1N.O=S(=O)(Cl)c1ccc(Cl)c(C(F)(F)F)c1.O=S(=O)(Nc1cc(Cl)cnc1Oc1c(F)cccc1CO)c1ccc(Cl)c(C(F)(F)F)c1. The molecule has 27 heteroatoms. The van der Waals surface area contributed by atoms with Gasteiger partial charge in [-0.3, -0.25) is 4.72 Å². The molecule has 348 valence electrons. The topological polar surface area (TPSA) is 180 Å². The third-order valence-electron chi connectivity index (χ3n) is 7.75. The molecular formula is C38H25Cl5F8N4O8S2. The molecule has 0 spiro atoms. The number of nitrogens with zero attached hydrogens (tertiary/aromatic N) is 2. The molecule has 0 aliphatic rings. The van der Waals surface area contributed by atoms with Crippen molar-refractivity contribution in [3.05, 3.63) is 146 Å². The monoisotopic (exact) mass is 1060 g/mol. The molecule has 0 saturated carbocycles. The van der Waals surface area contributed by atoms with E-state index in [1.165, 1.54) is 43.6 Å². The number of pyridine rings is 2. The molecule has 0 aliphatic carbocycles. The highest BCUT2D eigenvalue weighted by Gasteiger charge is 2.36. The first-order chi connectivity index (χ1) is 30.2. The summed E-state index contributed by atoms with van der Waals surface area (Å²) in [6.07, 6.45) is -7.16. The lowest BCUT2D eigenvalue weighted by Crippen LogP contribution is -2.16. The van der Waals surface area contributed by atoms with E-state index in [4.69, 9.17) is 77.0 Å². The second-order valence-electron chi connectivity index (χ2n) is 12.2. The molecule has 0 aliphatic heterocycles. The van der Waals surface area contributed by atoms with E-state index in [9.17, 15) is 57.1 Å². The van der Waals surface area contributed by atoms with Crippen LogP contribution in [0.1, 0.15) is 16.7 Å². The van der Waals surface area contributed by atoms with Crippen LogP contribution in [0.2, 0.25) is 20.1 Å². The van der Waals surface area contributed by atoms with Gasteiger partial charge in [0, 0.05) is 28.6 Å². The molecule has 0 amide bonds. The minimum atomic E-state index is -4.89. The zero-order valence-electron chi connectivity index (χ0n) is 32.0. The lowest BCUT2D eigenvalue weighted by atomic mass is 10.2. The number of ether oxygens (including phenoxy) is 3. The van der Waals surface area contributed by atoms with Gasteiger partial charge in [-0.1, -0.05) is 64.6 Å². The second kappa shape index (κ2) is 21.5. The van der Waals surface area contributed by atoms with E-state index in [2.05, 4.69) is 9.97 Å². The van der Waals surface area contributed by atoms with Crippen molar-refractivity contribution < 1.29 is 71.3 Å². The van der Waals surface area contributed by atoms with Crippen LogP contribution >= 0.6 is 57.1 Å². The predicted molar refractivity (Wildman–Crippen MR) is 225 cm³/mol. The van der Waals surface area contributed by atoms with Crippen LogP contribution in [0.5, 0.6) is 29.0 Å². The molecule has 4 aromatic carbocycles. The third-order valence-corrected chi connectivity index (χ3v) is 11.5. The average molecular weight is 1060 g/mol. The first kappa shape index (κ1) is 52.6. The molecule has 6 rings (SSSR count). The number of anilines is 2. The Balaban J connectivity index is 0.000000236. The van der Waals surface area contributed by atoms with Crippen molar-refractivity contribution >= 4 is 87.5 Å². The number of rotatable bonds is 10. The van der Waals surface area contributed by atoms with Gasteiger partial charge in [-0.15, -0.1) is 0 Å². The van der Waals surface area contributed by atoms with Crippen LogP contribution in [0.3, 0.4) is 0 Å². The molecule has 12 nitrogen and oxygen atoms in total. The van der Waals surface area contributed by atoms with E-state index in [1.54, 1.807) is 6.07 Å². The zero-order chi connectivity index (χ0) is 48.7. The van der Waals surface area contributed by atoms with E-state index < -0.39 is 92.3 Å². The largest absolute Gasteiger partial charge is 0.493 e. The Hall–Kier alpha value is -5.07. The fraction of sp³-hybridized carbons (Fsp3) is 0.105. The Morgan fingerprint density at radius 3 is 1.71 bits per heavy atom. The maximum Gasteiger partial charge on any atom is 0.417 e. The Bertz CT molecular complexity index is 2920. The molecule has 0 bridgehead atoms. The summed E-state index contributed by atoms with van der Waals surface area (Å²) in [6, 6.07) is 14.8.